The average molecular weight is 331 g/mol. The summed E-state index contributed by atoms with van der Waals surface area (Å²) in [6.07, 6.45) is 1.64. The van der Waals surface area contributed by atoms with Crippen molar-refractivity contribution in [2.45, 2.75) is 20.4 Å². The second-order valence-electron chi connectivity index (χ2n) is 6.03. The number of nitrogens with one attached hydrogen (secondary N) is 2. The monoisotopic (exact) mass is 331 g/mol. The van der Waals surface area contributed by atoms with Crippen molar-refractivity contribution in [1.29, 1.82) is 0 Å². The fourth-order valence-corrected chi connectivity index (χ4v) is 2.59. The van der Waals surface area contributed by atoms with Gasteiger partial charge in [0.05, 0.1) is 0 Å². The lowest BCUT2D eigenvalue weighted by molar-refractivity contribution is 0.102. The first-order chi connectivity index (χ1) is 12.1. The topological polar surface area (TPSA) is 54.0 Å². The number of anilines is 2. The van der Waals surface area contributed by atoms with Gasteiger partial charge in [0.2, 0.25) is 0 Å². The van der Waals surface area contributed by atoms with Gasteiger partial charge in [-0.25, -0.2) is 0 Å². The number of hydrogen-bond acceptors (Lipinski definition) is 3. The molecule has 4 nitrogen and oxygen atoms in total. The maximum absolute atomic E-state index is 12.4. The lowest BCUT2D eigenvalue weighted by Gasteiger charge is -2.10. The van der Waals surface area contributed by atoms with Crippen LogP contribution in [0.15, 0.2) is 66.9 Å². The van der Waals surface area contributed by atoms with Gasteiger partial charge in [0.1, 0.15) is 5.69 Å². The highest BCUT2D eigenvalue weighted by Crippen LogP contribution is 2.15. The zero-order valence-electron chi connectivity index (χ0n) is 14.4. The summed E-state index contributed by atoms with van der Waals surface area (Å²) in [6, 6.07) is 19.6. The summed E-state index contributed by atoms with van der Waals surface area (Å²) >= 11 is 0. The van der Waals surface area contributed by atoms with Crippen LogP contribution in [0.3, 0.4) is 0 Å². The Bertz CT molecular complexity index is 890. The Labute approximate surface area is 147 Å². The van der Waals surface area contributed by atoms with Crippen LogP contribution < -0.4 is 10.6 Å². The van der Waals surface area contributed by atoms with Crippen molar-refractivity contribution in [3.05, 3.63) is 89.2 Å². The first-order valence-corrected chi connectivity index (χ1v) is 8.24. The fourth-order valence-electron chi connectivity index (χ4n) is 2.59. The summed E-state index contributed by atoms with van der Waals surface area (Å²) in [6.45, 7) is 4.78. The molecule has 0 radical (unpaired) electrons. The smallest absolute Gasteiger partial charge is 0.274 e. The highest BCUT2D eigenvalue weighted by molar-refractivity contribution is 6.03. The molecule has 0 bridgehead atoms. The Morgan fingerprint density at radius 1 is 0.960 bits per heavy atom. The minimum atomic E-state index is -0.217. The Kier molecular flexibility index (Phi) is 5.09. The summed E-state index contributed by atoms with van der Waals surface area (Å²) in [4.78, 5) is 16.6. The van der Waals surface area contributed by atoms with Crippen LogP contribution in [0.5, 0.6) is 0 Å². The van der Waals surface area contributed by atoms with Crippen LogP contribution in [-0.2, 0) is 6.54 Å². The lowest BCUT2D eigenvalue weighted by Crippen LogP contribution is -2.14. The van der Waals surface area contributed by atoms with Crippen LogP contribution in [-0.4, -0.2) is 10.9 Å². The van der Waals surface area contributed by atoms with Gasteiger partial charge in [0, 0.05) is 24.1 Å². The van der Waals surface area contributed by atoms with Gasteiger partial charge < -0.3 is 10.6 Å². The number of nitrogens with zero attached hydrogens (tertiary/aromatic N) is 1. The predicted octanol–water partition coefficient (Wildman–Crippen LogP) is 4.56. The molecular formula is C21H21N3O. The normalized spacial score (nSPS) is 10.3. The molecule has 0 aliphatic rings. The molecule has 0 saturated carbocycles. The molecule has 2 aromatic carbocycles. The third-order valence-corrected chi connectivity index (χ3v) is 4.01. The highest BCUT2D eigenvalue weighted by atomic mass is 16.1. The Morgan fingerprint density at radius 2 is 1.80 bits per heavy atom. The average Bonchev–Trinajstić information content (AvgIpc) is 2.61. The molecule has 4 heteroatoms. The summed E-state index contributed by atoms with van der Waals surface area (Å²) in [5, 5.41) is 6.23. The van der Waals surface area contributed by atoms with E-state index in [1.165, 1.54) is 11.1 Å². The van der Waals surface area contributed by atoms with Gasteiger partial charge in [-0.05, 0) is 54.8 Å². The Morgan fingerprint density at radius 3 is 2.60 bits per heavy atom. The number of pyridine rings is 1. The number of benzene rings is 2. The maximum atomic E-state index is 12.4. The van der Waals surface area contributed by atoms with Crippen LogP contribution in [0.1, 0.15) is 27.2 Å². The van der Waals surface area contributed by atoms with Gasteiger partial charge in [-0.3, -0.25) is 9.78 Å². The second kappa shape index (κ2) is 7.62. The summed E-state index contributed by atoms with van der Waals surface area (Å²) in [5.41, 5.74) is 5.58. The van der Waals surface area contributed by atoms with E-state index in [2.05, 4.69) is 34.7 Å². The molecule has 1 aromatic heterocycles. The Balaban J connectivity index is 1.68. The number of aromatic nitrogens is 1. The number of rotatable bonds is 5. The van der Waals surface area contributed by atoms with Crippen molar-refractivity contribution in [2.24, 2.45) is 0 Å². The predicted molar refractivity (Wildman–Crippen MR) is 102 cm³/mol. The lowest BCUT2D eigenvalue weighted by atomic mass is 10.1. The molecule has 0 aliphatic heterocycles. The third kappa shape index (κ3) is 4.44. The Hall–Kier alpha value is -3.14. The number of hydrogen-bond donors (Lipinski definition) is 2. The van der Waals surface area contributed by atoms with Gasteiger partial charge in [0.25, 0.3) is 5.91 Å². The standard InChI is InChI=1S/C21H21N3O/c1-15-6-5-9-19(12-15)24-21(25)20-13-18(10-11-22-20)23-14-17-8-4-3-7-16(17)2/h3-13H,14H2,1-2H3,(H,22,23)(H,24,25). The molecule has 2 N–H and O–H groups in total. The van der Waals surface area contributed by atoms with E-state index in [-0.39, 0.29) is 5.91 Å². The summed E-state index contributed by atoms with van der Waals surface area (Å²) in [5.74, 6) is -0.217. The maximum Gasteiger partial charge on any atom is 0.274 e. The van der Waals surface area contributed by atoms with Crippen LogP contribution in [0.4, 0.5) is 11.4 Å². The molecule has 3 rings (SSSR count). The summed E-state index contributed by atoms with van der Waals surface area (Å²) < 4.78 is 0. The molecule has 126 valence electrons. The minimum Gasteiger partial charge on any atom is -0.381 e. The quantitative estimate of drug-likeness (QED) is 0.720. The van der Waals surface area contributed by atoms with Gasteiger partial charge in [0.15, 0.2) is 0 Å². The van der Waals surface area contributed by atoms with E-state index in [0.29, 0.717) is 12.2 Å². The third-order valence-electron chi connectivity index (χ3n) is 4.01. The van der Waals surface area contributed by atoms with Gasteiger partial charge in [-0.2, -0.15) is 0 Å². The van der Waals surface area contributed by atoms with Gasteiger partial charge in [-0.15, -0.1) is 0 Å². The van der Waals surface area contributed by atoms with Crippen LogP contribution in [0, 0.1) is 13.8 Å². The van der Waals surface area contributed by atoms with E-state index in [4.69, 9.17) is 0 Å². The van der Waals surface area contributed by atoms with Crippen molar-refractivity contribution in [2.75, 3.05) is 10.6 Å². The van der Waals surface area contributed by atoms with E-state index in [1.54, 1.807) is 12.3 Å². The van der Waals surface area contributed by atoms with Crippen molar-refractivity contribution in [3.8, 4) is 0 Å². The largest absolute Gasteiger partial charge is 0.381 e. The van der Waals surface area contributed by atoms with Crippen molar-refractivity contribution >= 4 is 17.3 Å². The van der Waals surface area contributed by atoms with Crippen LogP contribution in [0.25, 0.3) is 0 Å². The van der Waals surface area contributed by atoms with Crippen LogP contribution in [0.2, 0.25) is 0 Å². The van der Waals surface area contributed by atoms with Crippen molar-refractivity contribution in [3.63, 3.8) is 0 Å². The SMILES string of the molecule is Cc1cccc(NC(=O)c2cc(NCc3ccccc3C)ccn2)c1. The minimum absolute atomic E-state index is 0.217. The van der Waals surface area contributed by atoms with E-state index in [1.807, 2.05) is 49.4 Å². The molecule has 0 atom stereocenters. The summed E-state index contributed by atoms with van der Waals surface area (Å²) in [7, 11) is 0. The fraction of sp³-hybridized carbons (Fsp3) is 0.143. The first-order valence-electron chi connectivity index (χ1n) is 8.24. The van der Waals surface area contributed by atoms with Gasteiger partial charge in [-0.1, -0.05) is 36.4 Å². The number of carbonyl (C=O) groups is 1. The van der Waals surface area contributed by atoms with E-state index in [0.717, 1.165) is 16.9 Å². The number of carbonyl (C=O) groups excluding carboxylic acids is 1. The molecule has 0 aliphatic carbocycles. The van der Waals surface area contributed by atoms with E-state index >= 15 is 0 Å². The molecule has 0 unspecified atom stereocenters. The van der Waals surface area contributed by atoms with E-state index < -0.39 is 0 Å². The molecule has 3 aromatic rings. The van der Waals surface area contributed by atoms with Gasteiger partial charge >= 0.3 is 0 Å². The first kappa shape index (κ1) is 16.7. The highest BCUT2D eigenvalue weighted by Gasteiger charge is 2.09. The molecule has 0 saturated heterocycles. The zero-order valence-corrected chi connectivity index (χ0v) is 14.4. The zero-order chi connectivity index (χ0) is 17.6. The molecule has 1 heterocycles. The number of amides is 1. The molecule has 25 heavy (non-hydrogen) atoms. The molecule has 0 spiro atoms. The number of aryl methyl sites for hydroxylation is 2. The molecule has 1 amide bonds. The van der Waals surface area contributed by atoms with E-state index in [9.17, 15) is 4.79 Å². The van der Waals surface area contributed by atoms with Crippen molar-refractivity contribution < 1.29 is 4.79 Å². The van der Waals surface area contributed by atoms with Crippen LogP contribution >= 0.6 is 0 Å². The molecule has 0 fully saturated rings. The second-order valence-corrected chi connectivity index (χ2v) is 6.03. The van der Waals surface area contributed by atoms with Crippen molar-refractivity contribution in [1.82, 2.24) is 4.98 Å². The molecular weight excluding hydrogens is 310 g/mol.